The van der Waals surface area contributed by atoms with Crippen LogP contribution in [0.1, 0.15) is 78.3 Å². The van der Waals surface area contributed by atoms with Gasteiger partial charge in [0.2, 0.25) is 0 Å². The van der Waals surface area contributed by atoms with E-state index in [1.54, 1.807) is 6.08 Å². The van der Waals surface area contributed by atoms with Gasteiger partial charge < -0.3 is 10.6 Å². The number of halogens is 1. The first-order valence-electron chi connectivity index (χ1n) is 11.6. The van der Waals surface area contributed by atoms with Gasteiger partial charge in [0, 0.05) is 17.5 Å². The fourth-order valence-corrected chi connectivity index (χ4v) is 4.43. The third-order valence-corrected chi connectivity index (χ3v) is 6.08. The minimum atomic E-state index is -0.267. The van der Waals surface area contributed by atoms with Gasteiger partial charge in [-0.15, -0.1) is 0 Å². The molecule has 0 spiro atoms. The SMILES string of the molecule is CCCC(c1ccc2c(cnn2C2C=CC(F)=CC2)c1)C(C)(C)CNC(=O)NC(C)(C)C. The zero-order valence-corrected chi connectivity index (χ0v) is 20.2. The summed E-state index contributed by atoms with van der Waals surface area (Å²) in [4.78, 5) is 12.3. The van der Waals surface area contributed by atoms with E-state index >= 15 is 0 Å². The fourth-order valence-electron chi connectivity index (χ4n) is 4.43. The molecular weight excluding hydrogens is 403 g/mol. The maximum atomic E-state index is 13.3. The van der Waals surface area contributed by atoms with Gasteiger partial charge in [-0.25, -0.2) is 9.18 Å². The highest BCUT2D eigenvalue weighted by atomic mass is 19.1. The Kier molecular flexibility index (Phi) is 7.11. The number of amides is 2. The number of urea groups is 1. The molecule has 1 aliphatic rings. The largest absolute Gasteiger partial charge is 0.338 e. The Balaban J connectivity index is 1.80. The number of rotatable bonds is 7. The second-order valence-electron chi connectivity index (χ2n) is 10.5. The number of aromatic nitrogens is 2. The van der Waals surface area contributed by atoms with Crippen LogP contribution in [-0.4, -0.2) is 27.9 Å². The molecule has 174 valence electrons. The van der Waals surface area contributed by atoms with Gasteiger partial charge in [-0.1, -0.05) is 39.3 Å². The lowest BCUT2D eigenvalue weighted by Gasteiger charge is -2.35. The number of carbonyl (C=O) groups is 1. The first-order chi connectivity index (χ1) is 15.0. The molecule has 2 amide bonds. The van der Waals surface area contributed by atoms with Gasteiger partial charge in [0.1, 0.15) is 5.83 Å². The highest BCUT2D eigenvalue weighted by molar-refractivity contribution is 5.80. The second-order valence-corrected chi connectivity index (χ2v) is 10.5. The number of carbonyl (C=O) groups excluding carboxylic acids is 1. The Morgan fingerprint density at radius 2 is 2.03 bits per heavy atom. The van der Waals surface area contributed by atoms with Crippen molar-refractivity contribution in [3.05, 3.63) is 54.0 Å². The summed E-state index contributed by atoms with van der Waals surface area (Å²) in [5.74, 6) is 0.108. The predicted octanol–water partition coefficient (Wildman–Crippen LogP) is 6.40. The number of benzene rings is 1. The summed E-state index contributed by atoms with van der Waals surface area (Å²) in [6.07, 6.45) is 9.58. The molecule has 0 saturated heterocycles. The van der Waals surface area contributed by atoms with E-state index in [0.717, 1.165) is 23.7 Å². The molecule has 1 aromatic carbocycles. The molecule has 5 nitrogen and oxygen atoms in total. The molecule has 2 aromatic rings. The van der Waals surface area contributed by atoms with E-state index < -0.39 is 0 Å². The van der Waals surface area contributed by atoms with Gasteiger partial charge >= 0.3 is 6.03 Å². The standard InChI is InChI=1S/C26H37FN4O/c1-7-8-22(26(5,6)17-28-24(32)30-25(2,3)4)18-9-14-23-19(15-18)16-29-31(23)21-12-10-20(27)11-13-21/h9-12,14-16,21-22H,7-8,13,17H2,1-6H3,(H2,28,30,32). The minimum absolute atomic E-state index is 0.0336. The van der Waals surface area contributed by atoms with Crippen molar-refractivity contribution in [2.24, 2.45) is 5.41 Å². The van der Waals surface area contributed by atoms with Crippen LogP contribution >= 0.6 is 0 Å². The predicted molar refractivity (Wildman–Crippen MR) is 129 cm³/mol. The van der Waals surface area contributed by atoms with Crippen molar-refractivity contribution in [2.45, 2.75) is 78.3 Å². The van der Waals surface area contributed by atoms with Gasteiger partial charge in [-0.2, -0.15) is 5.10 Å². The molecule has 32 heavy (non-hydrogen) atoms. The highest BCUT2D eigenvalue weighted by Crippen LogP contribution is 2.40. The Hall–Kier alpha value is -2.63. The molecule has 1 aromatic heterocycles. The van der Waals surface area contributed by atoms with Crippen LogP contribution in [0.25, 0.3) is 10.9 Å². The summed E-state index contributed by atoms with van der Waals surface area (Å²) < 4.78 is 15.3. The molecule has 0 aliphatic heterocycles. The molecule has 2 unspecified atom stereocenters. The van der Waals surface area contributed by atoms with Crippen molar-refractivity contribution in [1.29, 1.82) is 0 Å². The summed E-state index contributed by atoms with van der Waals surface area (Å²) in [6.45, 7) is 13.1. The third-order valence-electron chi connectivity index (χ3n) is 6.08. The molecule has 1 aliphatic carbocycles. The highest BCUT2D eigenvalue weighted by Gasteiger charge is 2.31. The second kappa shape index (κ2) is 9.47. The molecule has 3 rings (SSSR count). The molecule has 6 heteroatoms. The number of nitrogens with zero attached hydrogens (tertiary/aromatic N) is 2. The monoisotopic (exact) mass is 440 g/mol. The van der Waals surface area contributed by atoms with Crippen LogP contribution in [0.15, 0.2) is 48.5 Å². The van der Waals surface area contributed by atoms with Crippen LogP contribution < -0.4 is 10.6 Å². The maximum Gasteiger partial charge on any atom is 0.315 e. The normalized spacial score (nSPS) is 17.8. The first-order valence-corrected chi connectivity index (χ1v) is 11.6. The zero-order valence-electron chi connectivity index (χ0n) is 20.2. The smallest absolute Gasteiger partial charge is 0.315 e. The Labute approximate surface area is 191 Å². The van der Waals surface area contributed by atoms with Crippen molar-refractivity contribution in [2.75, 3.05) is 6.54 Å². The summed E-state index contributed by atoms with van der Waals surface area (Å²) in [5.41, 5.74) is 1.92. The lowest BCUT2D eigenvalue weighted by atomic mass is 9.72. The van der Waals surface area contributed by atoms with Crippen LogP contribution in [0.2, 0.25) is 0 Å². The molecule has 0 saturated carbocycles. The van der Waals surface area contributed by atoms with Crippen molar-refractivity contribution >= 4 is 16.9 Å². The zero-order chi connectivity index (χ0) is 23.5. The van der Waals surface area contributed by atoms with E-state index in [-0.39, 0.29) is 28.9 Å². The summed E-state index contributed by atoms with van der Waals surface area (Å²) >= 11 is 0. The molecular formula is C26H37FN4O. The number of hydrogen-bond donors (Lipinski definition) is 2. The van der Waals surface area contributed by atoms with Crippen LogP contribution in [0.4, 0.5) is 9.18 Å². The van der Waals surface area contributed by atoms with Crippen molar-refractivity contribution in [3.63, 3.8) is 0 Å². The number of fused-ring (bicyclic) bond motifs is 1. The van der Waals surface area contributed by atoms with Crippen LogP contribution in [0.5, 0.6) is 0 Å². The summed E-state index contributed by atoms with van der Waals surface area (Å²) in [5, 5.41) is 11.7. The average Bonchev–Trinajstić information content (AvgIpc) is 3.13. The van der Waals surface area contributed by atoms with E-state index in [2.05, 4.69) is 54.7 Å². The van der Waals surface area contributed by atoms with E-state index in [9.17, 15) is 9.18 Å². The van der Waals surface area contributed by atoms with Gasteiger partial charge in [-0.05, 0) is 74.8 Å². The van der Waals surface area contributed by atoms with Crippen molar-refractivity contribution in [3.8, 4) is 0 Å². The topological polar surface area (TPSA) is 59.0 Å². The third kappa shape index (κ3) is 5.78. The van der Waals surface area contributed by atoms with Gasteiger partial charge in [0.15, 0.2) is 0 Å². The average molecular weight is 441 g/mol. The maximum absolute atomic E-state index is 13.3. The lowest BCUT2D eigenvalue weighted by molar-refractivity contribution is 0.215. The van der Waals surface area contributed by atoms with Crippen molar-refractivity contribution < 1.29 is 9.18 Å². The molecule has 0 fully saturated rings. The molecule has 0 radical (unpaired) electrons. The fraction of sp³-hybridized carbons (Fsp3) is 0.538. The lowest BCUT2D eigenvalue weighted by Crippen LogP contribution is -2.49. The van der Waals surface area contributed by atoms with Crippen LogP contribution in [-0.2, 0) is 0 Å². The van der Waals surface area contributed by atoms with Crippen LogP contribution in [0, 0.1) is 5.41 Å². The van der Waals surface area contributed by atoms with E-state index in [4.69, 9.17) is 0 Å². The number of nitrogens with one attached hydrogen (secondary N) is 2. The Bertz CT molecular complexity index is 1010. The quantitative estimate of drug-likeness (QED) is 0.523. The van der Waals surface area contributed by atoms with E-state index in [1.165, 1.54) is 11.6 Å². The minimum Gasteiger partial charge on any atom is -0.338 e. The summed E-state index contributed by atoms with van der Waals surface area (Å²) in [6, 6.07) is 6.42. The summed E-state index contributed by atoms with van der Waals surface area (Å²) in [7, 11) is 0. The van der Waals surface area contributed by atoms with Crippen LogP contribution in [0.3, 0.4) is 0 Å². The first kappa shape index (κ1) is 24.0. The van der Waals surface area contributed by atoms with E-state index in [0.29, 0.717) is 18.9 Å². The number of allylic oxidation sites excluding steroid dienone is 4. The molecule has 2 atom stereocenters. The van der Waals surface area contributed by atoms with Gasteiger partial charge in [-0.3, -0.25) is 4.68 Å². The van der Waals surface area contributed by atoms with Gasteiger partial charge in [0.25, 0.3) is 0 Å². The molecule has 1 heterocycles. The van der Waals surface area contributed by atoms with E-state index in [1.807, 2.05) is 37.7 Å². The van der Waals surface area contributed by atoms with Gasteiger partial charge in [0.05, 0.1) is 17.8 Å². The Morgan fingerprint density at radius 3 is 2.66 bits per heavy atom. The number of hydrogen-bond acceptors (Lipinski definition) is 2. The van der Waals surface area contributed by atoms with Crippen molar-refractivity contribution in [1.82, 2.24) is 20.4 Å². The Morgan fingerprint density at radius 1 is 1.28 bits per heavy atom. The molecule has 2 N–H and O–H groups in total. The molecule has 0 bridgehead atoms.